The van der Waals surface area contributed by atoms with Crippen LogP contribution in [0.5, 0.6) is 5.75 Å². The van der Waals surface area contributed by atoms with E-state index in [4.69, 9.17) is 4.74 Å². The van der Waals surface area contributed by atoms with Crippen LogP contribution in [0.4, 0.5) is 11.4 Å². The van der Waals surface area contributed by atoms with Crippen LogP contribution in [0.15, 0.2) is 78.9 Å². The Bertz CT molecular complexity index is 1530. The standard InChI is InChI=1S/C32H32N4O5/c1-22(37)7-5-6-19-33-24-10-12-25(13-11-24)35-20-18-28-29(32(39)40)34-36(30(28)31(35)38)26-14-16-27(17-15-26)41-21-23-8-3-2-4-9-23/h2-4,8-17,33H,5-7,18-21H2,1H3,(H,39,40). The van der Waals surface area contributed by atoms with E-state index in [1.54, 1.807) is 36.1 Å². The molecular formula is C32H32N4O5. The smallest absolute Gasteiger partial charge is 0.356 e. The molecule has 4 aromatic rings. The fourth-order valence-electron chi connectivity index (χ4n) is 4.88. The van der Waals surface area contributed by atoms with Gasteiger partial charge in [-0.25, -0.2) is 9.48 Å². The van der Waals surface area contributed by atoms with Crippen LogP contribution >= 0.6 is 0 Å². The minimum Gasteiger partial charge on any atom is -0.489 e. The van der Waals surface area contributed by atoms with E-state index in [1.807, 2.05) is 54.6 Å². The average molecular weight is 553 g/mol. The van der Waals surface area contributed by atoms with Gasteiger partial charge in [-0.05, 0) is 80.3 Å². The maximum Gasteiger partial charge on any atom is 0.356 e. The van der Waals surface area contributed by atoms with Crippen molar-refractivity contribution in [2.24, 2.45) is 0 Å². The van der Waals surface area contributed by atoms with Gasteiger partial charge >= 0.3 is 5.97 Å². The minimum absolute atomic E-state index is 0.110. The first-order valence-corrected chi connectivity index (χ1v) is 13.7. The molecule has 1 aromatic heterocycles. The van der Waals surface area contributed by atoms with E-state index in [0.29, 0.717) is 43.0 Å². The summed E-state index contributed by atoms with van der Waals surface area (Å²) in [6.07, 6.45) is 2.70. The molecule has 41 heavy (non-hydrogen) atoms. The Balaban J connectivity index is 1.32. The van der Waals surface area contributed by atoms with Crippen molar-refractivity contribution in [2.45, 2.75) is 39.2 Å². The van der Waals surface area contributed by atoms with Gasteiger partial charge in [-0.3, -0.25) is 4.79 Å². The first-order chi connectivity index (χ1) is 19.9. The van der Waals surface area contributed by atoms with E-state index in [-0.39, 0.29) is 23.1 Å². The lowest BCUT2D eigenvalue weighted by Crippen LogP contribution is -2.39. The molecule has 0 aliphatic carbocycles. The summed E-state index contributed by atoms with van der Waals surface area (Å²) in [7, 11) is 0. The maximum absolute atomic E-state index is 13.8. The van der Waals surface area contributed by atoms with Gasteiger partial charge in [0, 0.05) is 36.4 Å². The molecular weight excluding hydrogens is 520 g/mol. The molecule has 0 unspecified atom stereocenters. The number of aromatic carboxylic acids is 1. The number of ether oxygens (including phenoxy) is 1. The third-order valence-electron chi connectivity index (χ3n) is 7.01. The Morgan fingerprint density at radius 3 is 2.34 bits per heavy atom. The first-order valence-electron chi connectivity index (χ1n) is 13.7. The Hall–Kier alpha value is -4.92. The fraction of sp³-hybridized carbons (Fsp3) is 0.250. The number of nitrogens with one attached hydrogen (secondary N) is 1. The Labute approximate surface area is 238 Å². The number of nitrogens with zero attached hydrogens (tertiary/aromatic N) is 3. The van der Waals surface area contributed by atoms with Crippen molar-refractivity contribution in [1.82, 2.24) is 9.78 Å². The molecule has 0 saturated heterocycles. The summed E-state index contributed by atoms with van der Waals surface area (Å²) in [6, 6.07) is 24.5. The molecule has 1 aliphatic rings. The van der Waals surface area contributed by atoms with E-state index < -0.39 is 5.97 Å². The highest BCUT2D eigenvalue weighted by Crippen LogP contribution is 2.30. The van der Waals surface area contributed by atoms with Gasteiger partial charge in [0.25, 0.3) is 5.91 Å². The summed E-state index contributed by atoms with van der Waals surface area (Å²) in [4.78, 5) is 38.5. The third kappa shape index (κ3) is 6.46. The number of hydrogen-bond donors (Lipinski definition) is 2. The van der Waals surface area contributed by atoms with Gasteiger partial charge in [0.15, 0.2) is 5.69 Å². The van der Waals surface area contributed by atoms with Gasteiger partial charge in [-0.1, -0.05) is 30.3 Å². The number of benzene rings is 3. The average Bonchev–Trinajstić information content (AvgIpc) is 3.38. The lowest BCUT2D eigenvalue weighted by Gasteiger charge is -2.28. The number of hydrogen-bond acceptors (Lipinski definition) is 6. The fourth-order valence-corrected chi connectivity index (χ4v) is 4.88. The van der Waals surface area contributed by atoms with E-state index in [2.05, 4.69) is 10.4 Å². The Morgan fingerprint density at radius 2 is 1.66 bits per heavy atom. The van der Waals surface area contributed by atoms with E-state index in [9.17, 15) is 19.5 Å². The Morgan fingerprint density at radius 1 is 0.951 bits per heavy atom. The largest absolute Gasteiger partial charge is 0.489 e. The minimum atomic E-state index is -1.16. The number of carboxylic acid groups (broad SMARTS) is 1. The van der Waals surface area contributed by atoms with Gasteiger partial charge in [0.05, 0.1) is 5.69 Å². The van der Waals surface area contributed by atoms with Crippen LogP contribution in [0.1, 0.15) is 58.3 Å². The predicted octanol–water partition coefficient (Wildman–Crippen LogP) is 5.52. The number of carboxylic acids is 1. The van der Waals surface area contributed by atoms with Crippen LogP contribution in [-0.4, -0.2) is 45.6 Å². The van der Waals surface area contributed by atoms with Crippen molar-refractivity contribution in [3.05, 3.63) is 101 Å². The molecule has 3 aromatic carbocycles. The molecule has 0 saturated carbocycles. The number of aromatic nitrogens is 2. The zero-order valence-electron chi connectivity index (χ0n) is 22.9. The SMILES string of the molecule is CC(=O)CCCCNc1ccc(N2CCc3c(C(=O)O)nn(-c4ccc(OCc5ccccc5)cc4)c3C2=O)cc1. The second-order valence-corrected chi connectivity index (χ2v) is 10.0. The summed E-state index contributed by atoms with van der Waals surface area (Å²) >= 11 is 0. The number of carbonyl (C=O) groups is 3. The van der Waals surface area contributed by atoms with Crippen molar-refractivity contribution in [3.8, 4) is 11.4 Å². The maximum atomic E-state index is 13.8. The molecule has 0 fully saturated rings. The lowest BCUT2D eigenvalue weighted by atomic mass is 10.0. The molecule has 1 aliphatic heterocycles. The second kappa shape index (κ2) is 12.5. The highest BCUT2D eigenvalue weighted by molar-refractivity contribution is 6.09. The number of amides is 1. The molecule has 2 N–H and O–H groups in total. The molecule has 9 heteroatoms. The van der Waals surface area contributed by atoms with Crippen molar-refractivity contribution >= 4 is 29.0 Å². The number of anilines is 2. The van der Waals surface area contributed by atoms with E-state index in [0.717, 1.165) is 36.3 Å². The van der Waals surface area contributed by atoms with Crippen molar-refractivity contribution in [2.75, 3.05) is 23.3 Å². The second-order valence-electron chi connectivity index (χ2n) is 10.0. The van der Waals surface area contributed by atoms with Crippen LogP contribution in [0.2, 0.25) is 0 Å². The number of carbonyl (C=O) groups excluding carboxylic acids is 2. The summed E-state index contributed by atoms with van der Waals surface area (Å²) < 4.78 is 7.29. The topological polar surface area (TPSA) is 114 Å². The predicted molar refractivity (Wildman–Crippen MR) is 156 cm³/mol. The van der Waals surface area contributed by atoms with Crippen LogP contribution < -0.4 is 15.0 Å². The number of Topliss-reactive ketones (excluding diaryl/α,β-unsaturated/α-hetero) is 1. The first kappa shape index (κ1) is 27.6. The molecule has 0 spiro atoms. The number of unbranched alkanes of at least 4 members (excludes halogenated alkanes) is 1. The van der Waals surface area contributed by atoms with Gasteiger partial charge in [-0.2, -0.15) is 5.10 Å². The molecule has 0 radical (unpaired) electrons. The summed E-state index contributed by atoms with van der Waals surface area (Å²) in [5.41, 5.74) is 3.84. The van der Waals surface area contributed by atoms with Gasteiger partial charge in [0.1, 0.15) is 23.8 Å². The van der Waals surface area contributed by atoms with Crippen molar-refractivity contribution in [3.63, 3.8) is 0 Å². The van der Waals surface area contributed by atoms with Gasteiger partial charge in [0.2, 0.25) is 0 Å². The van der Waals surface area contributed by atoms with Crippen LogP contribution in [-0.2, 0) is 17.8 Å². The normalized spacial score (nSPS) is 12.6. The number of rotatable bonds is 12. The van der Waals surface area contributed by atoms with E-state index >= 15 is 0 Å². The zero-order valence-corrected chi connectivity index (χ0v) is 22.9. The number of ketones is 1. The van der Waals surface area contributed by atoms with Crippen molar-refractivity contribution in [1.29, 1.82) is 0 Å². The molecule has 0 bridgehead atoms. The quantitative estimate of drug-likeness (QED) is 0.222. The van der Waals surface area contributed by atoms with Gasteiger partial charge < -0.3 is 24.9 Å². The van der Waals surface area contributed by atoms with Crippen molar-refractivity contribution < 1.29 is 24.2 Å². The number of fused-ring (bicyclic) bond motifs is 1. The van der Waals surface area contributed by atoms with Crippen LogP contribution in [0, 0.1) is 0 Å². The molecule has 1 amide bonds. The Kier molecular flexibility index (Phi) is 8.43. The van der Waals surface area contributed by atoms with Crippen LogP contribution in [0.3, 0.4) is 0 Å². The lowest BCUT2D eigenvalue weighted by molar-refractivity contribution is -0.117. The zero-order chi connectivity index (χ0) is 28.8. The van der Waals surface area contributed by atoms with Gasteiger partial charge in [-0.15, -0.1) is 0 Å². The molecule has 5 rings (SSSR count). The monoisotopic (exact) mass is 552 g/mol. The third-order valence-corrected chi connectivity index (χ3v) is 7.01. The van der Waals surface area contributed by atoms with Crippen LogP contribution in [0.25, 0.3) is 5.69 Å². The van der Waals surface area contributed by atoms with E-state index in [1.165, 1.54) is 4.68 Å². The summed E-state index contributed by atoms with van der Waals surface area (Å²) in [6.45, 7) is 3.13. The highest BCUT2D eigenvalue weighted by atomic mass is 16.5. The molecule has 2 heterocycles. The molecule has 210 valence electrons. The highest BCUT2D eigenvalue weighted by Gasteiger charge is 2.35. The summed E-state index contributed by atoms with van der Waals surface area (Å²) in [5, 5.41) is 17.5. The molecule has 9 nitrogen and oxygen atoms in total. The molecule has 0 atom stereocenters. The summed E-state index contributed by atoms with van der Waals surface area (Å²) in [5.74, 6) is -0.619.